The van der Waals surface area contributed by atoms with Crippen molar-refractivity contribution in [1.29, 1.82) is 0 Å². The molecule has 15 heavy (non-hydrogen) atoms. The lowest BCUT2D eigenvalue weighted by molar-refractivity contribution is 0.702. The molecule has 0 amide bonds. The van der Waals surface area contributed by atoms with Crippen molar-refractivity contribution in [2.24, 2.45) is 0 Å². The molecule has 1 atom stereocenters. The van der Waals surface area contributed by atoms with Gasteiger partial charge < -0.3 is 0 Å². The fourth-order valence-electron chi connectivity index (χ4n) is 2.34. The van der Waals surface area contributed by atoms with E-state index in [1.807, 2.05) is 0 Å². The summed E-state index contributed by atoms with van der Waals surface area (Å²) in [7, 11) is 1.15. The Balaban J connectivity index is 1.77. The van der Waals surface area contributed by atoms with Gasteiger partial charge in [0.25, 0.3) is 0 Å². The Bertz CT molecular complexity index is 260. The largest absolute Gasteiger partial charge is 0.114 e. The molecule has 0 saturated heterocycles. The Labute approximate surface area is 95.3 Å². The Kier molecular flexibility index (Phi) is 4.67. The lowest BCUT2D eigenvalue weighted by Crippen LogP contribution is -1.98. The predicted molar refractivity (Wildman–Crippen MR) is 70.0 cm³/mol. The average molecular weight is 220 g/mol. The Morgan fingerprint density at radius 2 is 1.60 bits per heavy atom. The van der Waals surface area contributed by atoms with E-state index in [0.29, 0.717) is 0 Å². The van der Waals surface area contributed by atoms with Crippen LogP contribution in [0.25, 0.3) is 0 Å². The highest BCUT2D eigenvalue weighted by atomic mass is 31.1. The number of hydrogen-bond acceptors (Lipinski definition) is 0. The van der Waals surface area contributed by atoms with Crippen LogP contribution in [-0.2, 0) is 6.16 Å². The van der Waals surface area contributed by atoms with E-state index in [-0.39, 0.29) is 0 Å². The summed E-state index contributed by atoms with van der Waals surface area (Å²) in [6, 6.07) is 11.0. The van der Waals surface area contributed by atoms with E-state index in [0.717, 1.165) is 14.2 Å². The number of hydrogen-bond donors (Lipinski definition) is 0. The smallest absolute Gasteiger partial charge is 0.00981 e. The molecule has 1 fully saturated rings. The maximum Gasteiger partial charge on any atom is -0.00981 e. The molecule has 0 nitrogen and oxygen atoms in total. The number of rotatable bonds is 3. The lowest BCUT2D eigenvalue weighted by atomic mass is 10.2. The minimum Gasteiger partial charge on any atom is -0.114 e. The average Bonchev–Trinajstić information content (AvgIpc) is 2.56. The van der Waals surface area contributed by atoms with Gasteiger partial charge >= 0.3 is 0 Å². The summed E-state index contributed by atoms with van der Waals surface area (Å²) in [5, 5.41) is 0. The quantitative estimate of drug-likeness (QED) is 0.516. The van der Waals surface area contributed by atoms with E-state index < -0.39 is 0 Å². The third-order valence-corrected chi connectivity index (χ3v) is 5.06. The Morgan fingerprint density at radius 1 is 0.933 bits per heavy atom. The minimum atomic E-state index is 1.03. The van der Waals surface area contributed by atoms with Crippen molar-refractivity contribution in [2.45, 2.75) is 50.3 Å². The summed E-state index contributed by atoms with van der Waals surface area (Å²) in [5.74, 6) is 0. The summed E-state index contributed by atoms with van der Waals surface area (Å²) < 4.78 is 0. The van der Waals surface area contributed by atoms with Crippen molar-refractivity contribution < 1.29 is 0 Å². The van der Waals surface area contributed by atoms with Gasteiger partial charge in [-0.2, -0.15) is 0 Å². The first kappa shape index (κ1) is 11.1. The van der Waals surface area contributed by atoms with E-state index in [9.17, 15) is 0 Å². The summed E-state index contributed by atoms with van der Waals surface area (Å²) in [6.07, 6.45) is 10.2. The van der Waals surface area contributed by atoms with Crippen LogP contribution in [0.5, 0.6) is 0 Å². The second-order valence-corrected chi connectivity index (χ2v) is 6.13. The van der Waals surface area contributed by atoms with Crippen LogP contribution in [-0.4, -0.2) is 5.66 Å². The summed E-state index contributed by atoms with van der Waals surface area (Å²) in [4.78, 5) is 0. The molecule has 0 spiro atoms. The lowest BCUT2D eigenvalue weighted by Gasteiger charge is -2.13. The molecule has 0 aromatic heterocycles. The van der Waals surface area contributed by atoms with Gasteiger partial charge in [-0.25, -0.2) is 0 Å². The number of benzene rings is 1. The van der Waals surface area contributed by atoms with E-state index in [4.69, 9.17) is 0 Å². The summed E-state index contributed by atoms with van der Waals surface area (Å²) in [6.45, 7) is 0. The highest BCUT2D eigenvalue weighted by molar-refractivity contribution is 7.38. The molecule has 0 N–H and O–H groups in total. The molecule has 0 radical (unpaired) electrons. The third kappa shape index (κ3) is 3.95. The molecular formula is C14H21P. The molecule has 1 aliphatic rings. The van der Waals surface area contributed by atoms with Crippen molar-refractivity contribution in [3.63, 3.8) is 0 Å². The van der Waals surface area contributed by atoms with Crippen LogP contribution < -0.4 is 0 Å². The van der Waals surface area contributed by atoms with Gasteiger partial charge in [0.05, 0.1) is 0 Å². The Hall–Kier alpha value is -0.350. The minimum absolute atomic E-state index is 1.03. The van der Waals surface area contributed by atoms with E-state index in [1.54, 1.807) is 0 Å². The predicted octanol–water partition coefficient (Wildman–Crippen LogP) is 4.59. The fraction of sp³-hybridized carbons (Fsp3) is 0.571. The van der Waals surface area contributed by atoms with E-state index in [1.165, 1.54) is 50.3 Å². The molecule has 1 aromatic carbocycles. The van der Waals surface area contributed by atoms with Gasteiger partial charge in [0.1, 0.15) is 0 Å². The maximum atomic E-state index is 2.27. The first-order valence-corrected chi connectivity index (χ1v) is 7.51. The summed E-state index contributed by atoms with van der Waals surface area (Å²) >= 11 is 0. The van der Waals surface area contributed by atoms with Crippen molar-refractivity contribution >= 4 is 8.58 Å². The highest BCUT2D eigenvalue weighted by Crippen LogP contribution is 2.34. The molecule has 0 bridgehead atoms. The summed E-state index contributed by atoms with van der Waals surface area (Å²) in [5.41, 5.74) is 2.56. The molecule has 1 aromatic rings. The van der Waals surface area contributed by atoms with Crippen LogP contribution in [0.4, 0.5) is 0 Å². The zero-order chi connectivity index (χ0) is 10.3. The molecule has 0 aliphatic heterocycles. The fourth-order valence-corrected chi connectivity index (χ4v) is 3.92. The maximum absolute atomic E-state index is 2.27. The van der Waals surface area contributed by atoms with Crippen molar-refractivity contribution in [2.75, 3.05) is 0 Å². The van der Waals surface area contributed by atoms with E-state index >= 15 is 0 Å². The van der Waals surface area contributed by atoms with Crippen molar-refractivity contribution in [3.8, 4) is 0 Å². The van der Waals surface area contributed by atoms with Gasteiger partial charge in [0.2, 0.25) is 0 Å². The SMILES string of the molecule is c1ccc(CPC2CCCCCC2)cc1. The van der Waals surface area contributed by atoms with Gasteiger partial charge in [-0.15, -0.1) is 8.58 Å². The normalized spacial score (nSPS) is 19.5. The molecule has 1 aliphatic carbocycles. The van der Waals surface area contributed by atoms with Crippen molar-refractivity contribution in [3.05, 3.63) is 35.9 Å². The zero-order valence-corrected chi connectivity index (χ0v) is 10.4. The first-order valence-electron chi connectivity index (χ1n) is 6.22. The van der Waals surface area contributed by atoms with Crippen LogP contribution >= 0.6 is 8.58 Å². The molecule has 82 valence electrons. The van der Waals surface area contributed by atoms with Crippen LogP contribution in [0.3, 0.4) is 0 Å². The van der Waals surface area contributed by atoms with Crippen LogP contribution in [0, 0.1) is 0 Å². The topological polar surface area (TPSA) is 0 Å². The van der Waals surface area contributed by atoms with Gasteiger partial charge in [-0.1, -0.05) is 56.0 Å². The molecule has 0 heterocycles. The molecule has 1 unspecified atom stereocenters. The van der Waals surface area contributed by atoms with Gasteiger partial charge in [-0.05, 0) is 30.2 Å². The standard InChI is InChI=1S/C14H21P/c1-2-7-11-14(10-6-1)15-12-13-8-4-3-5-9-13/h3-5,8-9,14-15H,1-2,6-7,10-12H2. The highest BCUT2D eigenvalue weighted by Gasteiger charge is 2.11. The van der Waals surface area contributed by atoms with Gasteiger partial charge in [-0.3, -0.25) is 0 Å². The van der Waals surface area contributed by atoms with Crippen LogP contribution in [0.2, 0.25) is 0 Å². The second-order valence-electron chi connectivity index (χ2n) is 4.55. The molecule has 1 heteroatoms. The van der Waals surface area contributed by atoms with Crippen molar-refractivity contribution in [1.82, 2.24) is 0 Å². The monoisotopic (exact) mass is 220 g/mol. The second kappa shape index (κ2) is 6.28. The van der Waals surface area contributed by atoms with E-state index in [2.05, 4.69) is 30.3 Å². The van der Waals surface area contributed by atoms with Crippen LogP contribution in [0.15, 0.2) is 30.3 Å². The van der Waals surface area contributed by atoms with Gasteiger partial charge in [0, 0.05) is 0 Å². The molecule has 1 saturated carbocycles. The van der Waals surface area contributed by atoms with Gasteiger partial charge in [0.15, 0.2) is 0 Å². The van der Waals surface area contributed by atoms with Crippen LogP contribution in [0.1, 0.15) is 44.1 Å². The molecular weight excluding hydrogens is 199 g/mol. The third-order valence-electron chi connectivity index (χ3n) is 3.29. The Morgan fingerprint density at radius 3 is 2.27 bits per heavy atom. The first-order chi connectivity index (χ1) is 7.45. The zero-order valence-electron chi connectivity index (χ0n) is 9.41. The molecule has 2 rings (SSSR count).